The van der Waals surface area contributed by atoms with E-state index in [2.05, 4.69) is 15.3 Å². The van der Waals surface area contributed by atoms with Crippen LogP contribution >= 0.6 is 0 Å². The smallest absolute Gasteiger partial charge is 0.419 e. The minimum Gasteiger partial charge on any atom is -0.491 e. The van der Waals surface area contributed by atoms with Crippen molar-refractivity contribution in [3.8, 4) is 17.0 Å². The van der Waals surface area contributed by atoms with Gasteiger partial charge < -0.3 is 15.2 Å². The average molecular weight is 483 g/mol. The maximum Gasteiger partial charge on any atom is 0.419 e. The van der Waals surface area contributed by atoms with E-state index in [-0.39, 0.29) is 34.7 Å². The molecular weight excluding hydrogens is 461 g/mol. The van der Waals surface area contributed by atoms with Gasteiger partial charge in [-0.25, -0.2) is 23.5 Å². The molecule has 0 aliphatic rings. The fourth-order valence-corrected chi connectivity index (χ4v) is 3.85. The summed E-state index contributed by atoms with van der Waals surface area (Å²) in [6.07, 6.45) is -4.77. The second-order valence-corrected chi connectivity index (χ2v) is 8.59. The van der Waals surface area contributed by atoms with Crippen molar-refractivity contribution < 1.29 is 36.6 Å². The van der Waals surface area contributed by atoms with Crippen LogP contribution in [0, 0.1) is 17.6 Å². The molecule has 11 heteroatoms. The molecule has 6 nitrogen and oxygen atoms in total. The van der Waals surface area contributed by atoms with E-state index in [0.29, 0.717) is 6.42 Å². The molecule has 2 N–H and O–H groups in total. The lowest BCUT2D eigenvalue weighted by Crippen LogP contribution is -2.50. The first-order chi connectivity index (χ1) is 15.8. The topological polar surface area (TPSA) is 84.3 Å². The van der Waals surface area contributed by atoms with Crippen LogP contribution in [-0.4, -0.2) is 33.3 Å². The zero-order chi connectivity index (χ0) is 25.3. The lowest BCUT2D eigenvalue weighted by atomic mass is 9.91. The number of ether oxygens (including phenoxy) is 1. The molecule has 1 amide bonds. The fraction of sp³-hybridized carbons (Fsp3) is 0.348. The normalized spacial score (nSPS) is 13.7. The summed E-state index contributed by atoms with van der Waals surface area (Å²) in [5.74, 6) is -2.79. The molecule has 2 aromatic carbocycles. The predicted molar refractivity (Wildman–Crippen MR) is 114 cm³/mol. The highest BCUT2D eigenvalue weighted by atomic mass is 19.4. The second-order valence-electron chi connectivity index (χ2n) is 8.59. The lowest BCUT2D eigenvalue weighted by Gasteiger charge is -2.31. The van der Waals surface area contributed by atoms with Crippen LogP contribution in [0.2, 0.25) is 0 Å². The van der Waals surface area contributed by atoms with Gasteiger partial charge in [0.15, 0.2) is 11.6 Å². The highest BCUT2D eigenvalue weighted by Gasteiger charge is 2.36. The SMILES string of the molecule is CC(C)CC(C)(COc1ccc(-c2ncnc3cc(F)c(F)cc23)cc1C(F)(F)F)NC(=O)O. The third-order valence-electron chi connectivity index (χ3n) is 5.05. The van der Waals surface area contributed by atoms with Gasteiger partial charge in [-0.3, -0.25) is 0 Å². The van der Waals surface area contributed by atoms with Gasteiger partial charge in [-0.1, -0.05) is 13.8 Å². The summed E-state index contributed by atoms with van der Waals surface area (Å²) < 4.78 is 74.4. The number of hydrogen-bond acceptors (Lipinski definition) is 4. The van der Waals surface area contributed by atoms with Crippen LogP contribution in [-0.2, 0) is 6.18 Å². The summed E-state index contributed by atoms with van der Waals surface area (Å²) in [7, 11) is 0. The standard InChI is InChI=1S/C23H22F5N3O3/c1-12(2)9-22(3,31-21(32)33)10-34-19-5-4-13(6-15(19)23(26,27)28)20-14-7-16(24)17(25)8-18(14)29-11-30-20/h4-8,11-12,31H,9-10H2,1-3H3,(H,32,33). The number of benzene rings is 2. The summed E-state index contributed by atoms with van der Waals surface area (Å²) in [6.45, 7) is 4.89. The van der Waals surface area contributed by atoms with Gasteiger partial charge in [-0.05, 0) is 43.5 Å². The van der Waals surface area contributed by atoms with E-state index in [9.17, 15) is 26.7 Å². The van der Waals surface area contributed by atoms with Crippen LogP contribution in [0.4, 0.5) is 26.7 Å². The number of nitrogens with zero attached hydrogens (tertiary/aromatic N) is 2. The molecule has 3 rings (SSSR count). The predicted octanol–water partition coefficient (Wildman–Crippen LogP) is 6.05. The molecule has 1 heterocycles. The lowest BCUT2D eigenvalue weighted by molar-refractivity contribution is -0.139. The molecule has 0 radical (unpaired) electrons. The third kappa shape index (κ3) is 5.70. The minimum absolute atomic E-state index is 0.00770. The Labute approximate surface area is 191 Å². The fourth-order valence-electron chi connectivity index (χ4n) is 3.85. The number of nitrogens with one attached hydrogen (secondary N) is 1. The second kappa shape index (κ2) is 9.40. The van der Waals surface area contributed by atoms with Crippen molar-refractivity contribution in [3.05, 3.63) is 53.9 Å². The van der Waals surface area contributed by atoms with Gasteiger partial charge in [0.25, 0.3) is 0 Å². The number of rotatable bonds is 7. The van der Waals surface area contributed by atoms with Gasteiger partial charge in [0.05, 0.1) is 22.3 Å². The molecule has 0 aliphatic carbocycles. The van der Waals surface area contributed by atoms with E-state index in [4.69, 9.17) is 9.84 Å². The molecule has 0 saturated carbocycles. The summed E-state index contributed by atoms with van der Waals surface area (Å²) >= 11 is 0. The van der Waals surface area contributed by atoms with E-state index in [1.54, 1.807) is 6.92 Å². The Kier molecular flexibility index (Phi) is 6.94. The van der Waals surface area contributed by atoms with Crippen molar-refractivity contribution in [1.29, 1.82) is 0 Å². The van der Waals surface area contributed by atoms with Crippen LogP contribution < -0.4 is 10.1 Å². The van der Waals surface area contributed by atoms with Crippen LogP contribution in [0.1, 0.15) is 32.8 Å². The van der Waals surface area contributed by atoms with Crippen molar-refractivity contribution in [2.24, 2.45) is 5.92 Å². The summed E-state index contributed by atoms with van der Waals surface area (Å²) in [4.78, 5) is 19.0. The molecule has 0 spiro atoms. The highest BCUT2D eigenvalue weighted by molar-refractivity contribution is 5.92. The summed E-state index contributed by atoms with van der Waals surface area (Å²) in [6, 6.07) is 4.85. The maximum absolute atomic E-state index is 13.9. The summed E-state index contributed by atoms with van der Waals surface area (Å²) in [5, 5.41) is 11.5. The number of aromatic nitrogens is 2. The number of fused-ring (bicyclic) bond motifs is 1. The largest absolute Gasteiger partial charge is 0.491 e. The van der Waals surface area contributed by atoms with Gasteiger partial charge in [0.1, 0.15) is 18.7 Å². The number of carbonyl (C=O) groups is 1. The van der Waals surface area contributed by atoms with Crippen molar-refractivity contribution >= 4 is 17.0 Å². The van der Waals surface area contributed by atoms with E-state index in [1.807, 2.05) is 13.8 Å². The van der Waals surface area contributed by atoms with Crippen LogP contribution in [0.15, 0.2) is 36.7 Å². The van der Waals surface area contributed by atoms with Crippen molar-refractivity contribution in [1.82, 2.24) is 15.3 Å². The number of carboxylic acid groups (broad SMARTS) is 1. The first-order valence-electron chi connectivity index (χ1n) is 10.2. The molecule has 0 bridgehead atoms. The Morgan fingerprint density at radius 1 is 1.12 bits per heavy atom. The molecule has 182 valence electrons. The highest BCUT2D eigenvalue weighted by Crippen LogP contribution is 2.40. The Bertz CT molecular complexity index is 1220. The number of hydrogen-bond donors (Lipinski definition) is 2. The maximum atomic E-state index is 13.9. The Balaban J connectivity index is 2.02. The molecule has 34 heavy (non-hydrogen) atoms. The van der Waals surface area contributed by atoms with Crippen molar-refractivity contribution in [2.45, 2.75) is 38.9 Å². The van der Waals surface area contributed by atoms with Crippen molar-refractivity contribution in [3.63, 3.8) is 0 Å². The monoisotopic (exact) mass is 483 g/mol. The Morgan fingerprint density at radius 2 is 1.79 bits per heavy atom. The summed E-state index contributed by atoms with van der Waals surface area (Å²) in [5.41, 5.74) is -2.25. The molecular formula is C23H22F5N3O3. The number of halogens is 5. The van der Waals surface area contributed by atoms with Gasteiger partial charge in [-0.2, -0.15) is 13.2 Å². The molecule has 1 atom stereocenters. The van der Waals surface area contributed by atoms with E-state index < -0.39 is 40.8 Å². The molecule has 0 saturated heterocycles. The van der Waals surface area contributed by atoms with Gasteiger partial charge in [0, 0.05) is 17.0 Å². The Hall–Kier alpha value is -3.50. The minimum atomic E-state index is -4.82. The van der Waals surface area contributed by atoms with E-state index >= 15 is 0 Å². The first-order valence-corrected chi connectivity index (χ1v) is 10.2. The van der Waals surface area contributed by atoms with Gasteiger partial charge in [0.2, 0.25) is 0 Å². The van der Waals surface area contributed by atoms with Crippen molar-refractivity contribution in [2.75, 3.05) is 6.61 Å². The molecule has 0 aliphatic heterocycles. The quantitative estimate of drug-likeness (QED) is 0.400. The van der Waals surface area contributed by atoms with E-state index in [1.165, 1.54) is 6.07 Å². The van der Waals surface area contributed by atoms with Crippen LogP contribution in [0.5, 0.6) is 5.75 Å². The Morgan fingerprint density at radius 3 is 2.41 bits per heavy atom. The van der Waals surface area contributed by atoms with Gasteiger partial charge in [-0.15, -0.1) is 0 Å². The molecule has 1 aromatic heterocycles. The number of amides is 1. The zero-order valence-corrected chi connectivity index (χ0v) is 18.5. The van der Waals surface area contributed by atoms with Crippen LogP contribution in [0.25, 0.3) is 22.2 Å². The average Bonchev–Trinajstić information content (AvgIpc) is 2.71. The van der Waals surface area contributed by atoms with Gasteiger partial charge >= 0.3 is 12.3 Å². The number of alkyl halides is 3. The zero-order valence-electron chi connectivity index (χ0n) is 18.5. The van der Waals surface area contributed by atoms with Crippen LogP contribution in [0.3, 0.4) is 0 Å². The molecule has 0 fully saturated rings. The van der Waals surface area contributed by atoms with E-state index in [0.717, 1.165) is 30.6 Å². The molecule has 3 aromatic rings. The first kappa shape index (κ1) is 25.1. The molecule has 1 unspecified atom stereocenters. The third-order valence-corrected chi connectivity index (χ3v) is 5.05.